The largest absolute Gasteiger partial charge is 0.372 e. The summed E-state index contributed by atoms with van der Waals surface area (Å²) >= 11 is 0. The summed E-state index contributed by atoms with van der Waals surface area (Å²) < 4.78 is 0. The Labute approximate surface area is 500 Å². The van der Waals surface area contributed by atoms with Crippen molar-refractivity contribution in [3.05, 3.63) is 179 Å². The van der Waals surface area contributed by atoms with E-state index in [0.29, 0.717) is 0 Å². The van der Waals surface area contributed by atoms with Crippen LogP contribution in [0, 0.1) is 35.5 Å². The average molecular weight is 1100 g/mol. The van der Waals surface area contributed by atoms with Crippen LogP contribution in [0.25, 0.3) is 0 Å². The van der Waals surface area contributed by atoms with E-state index >= 15 is 0 Å². The summed E-state index contributed by atoms with van der Waals surface area (Å²) in [5.41, 5.74) is 13.2. The van der Waals surface area contributed by atoms with E-state index < -0.39 is 0 Å². The summed E-state index contributed by atoms with van der Waals surface area (Å²) in [6.45, 7) is 20.5. The quantitative estimate of drug-likeness (QED) is 0.0287. The highest BCUT2D eigenvalue weighted by molar-refractivity contribution is 5.77. The second kappa shape index (κ2) is 38.8. The zero-order valence-electron chi connectivity index (χ0n) is 51.9. The van der Waals surface area contributed by atoms with Crippen LogP contribution in [0.4, 0.5) is 34.1 Å². The first-order chi connectivity index (χ1) is 40.4. The molecule has 0 amide bonds. The molecule has 6 aromatic carbocycles. The van der Waals surface area contributed by atoms with E-state index in [9.17, 15) is 0 Å². The summed E-state index contributed by atoms with van der Waals surface area (Å²) in [7, 11) is 0. The van der Waals surface area contributed by atoms with Crippen molar-refractivity contribution in [1.82, 2.24) is 0 Å². The van der Waals surface area contributed by atoms with Crippen LogP contribution in [-0.4, -0.2) is 39.3 Å². The van der Waals surface area contributed by atoms with Crippen molar-refractivity contribution in [3.63, 3.8) is 0 Å². The van der Waals surface area contributed by atoms with Crippen molar-refractivity contribution in [3.8, 4) is 35.5 Å². The summed E-state index contributed by atoms with van der Waals surface area (Å²) in [6.07, 6.45) is 30.7. The van der Waals surface area contributed by atoms with Gasteiger partial charge >= 0.3 is 0 Å². The number of anilines is 6. The molecule has 0 aromatic heterocycles. The third-order valence-corrected chi connectivity index (χ3v) is 15.8. The van der Waals surface area contributed by atoms with Crippen LogP contribution < -0.4 is 19.6 Å². The van der Waals surface area contributed by atoms with Gasteiger partial charge in [-0.3, -0.25) is 0 Å². The number of hydrogen-bond donors (Lipinski definition) is 0. The van der Waals surface area contributed by atoms with Gasteiger partial charge in [-0.15, -0.1) is 0 Å². The first kappa shape index (κ1) is 64.4. The molecule has 0 bridgehead atoms. The third-order valence-electron chi connectivity index (χ3n) is 15.8. The zero-order valence-corrected chi connectivity index (χ0v) is 51.9. The second-order valence-electron chi connectivity index (χ2n) is 22.7. The van der Waals surface area contributed by atoms with Crippen LogP contribution in [0.2, 0.25) is 0 Å². The molecule has 0 atom stereocenters. The zero-order chi connectivity index (χ0) is 57.7. The Kier molecular flexibility index (Phi) is 30.5. The highest BCUT2D eigenvalue weighted by atomic mass is 15.1. The maximum atomic E-state index is 3.47. The predicted octanol–water partition coefficient (Wildman–Crippen LogP) is 21.3. The molecule has 4 nitrogen and oxygen atoms in total. The standard InChI is InChI=1S/C78H102N4/c1-7-13-19-25-61-79(62-26-20-14-8-2)73-49-37-67(38-50-73)31-34-70-43-55-76(56-44-70)82(77-57-45-71(46-58-77)35-32-68-39-51-74(52-40-68)80(63-27-21-15-9-3)64-28-22-16-10-4)78-59-47-72(48-60-78)36-33-69-41-53-75(54-42-69)81(65-29-23-17-11-5)66-30-24-18-12-6/h37-60H,7-30,61-66H2,1-6H3. The minimum atomic E-state index is 0.983. The van der Waals surface area contributed by atoms with E-state index in [1.165, 1.54) is 171 Å². The fourth-order valence-corrected chi connectivity index (χ4v) is 10.7. The molecule has 0 saturated carbocycles. The molecule has 0 aliphatic carbocycles. The second-order valence-corrected chi connectivity index (χ2v) is 22.7. The van der Waals surface area contributed by atoms with Crippen molar-refractivity contribution in [2.75, 3.05) is 58.9 Å². The molecule has 434 valence electrons. The van der Waals surface area contributed by atoms with Crippen molar-refractivity contribution < 1.29 is 0 Å². The molecular weight excluding hydrogens is 993 g/mol. The van der Waals surface area contributed by atoms with Gasteiger partial charge in [-0.2, -0.15) is 0 Å². The highest BCUT2D eigenvalue weighted by Crippen LogP contribution is 2.35. The summed E-state index contributed by atoms with van der Waals surface area (Å²) in [6, 6.07) is 52.8. The van der Waals surface area contributed by atoms with E-state index in [1.54, 1.807) is 0 Å². The average Bonchev–Trinajstić information content (AvgIpc) is 3.71. The Bertz CT molecular complexity index is 2480. The van der Waals surface area contributed by atoms with E-state index in [1.807, 2.05) is 0 Å². The lowest BCUT2D eigenvalue weighted by Gasteiger charge is -2.25. The van der Waals surface area contributed by atoms with Crippen LogP contribution in [0.3, 0.4) is 0 Å². The molecule has 0 N–H and O–H groups in total. The SMILES string of the molecule is CCCCCCN(CCCCCC)c1ccc(C#Cc2ccc(N(c3ccc(C#Cc4ccc(N(CCCCCC)CCCCCC)cc4)cc3)c3ccc(C#Cc4ccc(N(CCCCCC)CCCCCC)cc4)cc3)cc2)cc1. The van der Waals surface area contributed by atoms with Gasteiger partial charge < -0.3 is 19.6 Å². The van der Waals surface area contributed by atoms with Crippen LogP contribution >= 0.6 is 0 Å². The van der Waals surface area contributed by atoms with Gasteiger partial charge in [0.2, 0.25) is 0 Å². The monoisotopic (exact) mass is 1090 g/mol. The van der Waals surface area contributed by atoms with Crippen LogP contribution in [0.1, 0.15) is 229 Å². The lowest BCUT2D eigenvalue weighted by Crippen LogP contribution is -2.25. The van der Waals surface area contributed by atoms with Gasteiger partial charge in [0.05, 0.1) is 0 Å². The Balaban J connectivity index is 1.20. The molecule has 4 heteroatoms. The Morgan fingerprint density at radius 3 is 0.512 bits per heavy atom. The Morgan fingerprint density at radius 1 is 0.195 bits per heavy atom. The lowest BCUT2D eigenvalue weighted by atomic mass is 10.1. The maximum absolute atomic E-state index is 3.47. The van der Waals surface area contributed by atoms with Gasteiger partial charge in [0, 0.05) is 107 Å². The molecule has 0 fully saturated rings. The summed E-state index contributed by atoms with van der Waals surface area (Å²) in [4.78, 5) is 10.1. The number of hydrogen-bond acceptors (Lipinski definition) is 4. The Hall–Kier alpha value is -6.80. The molecule has 0 aliphatic heterocycles. The Morgan fingerprint density at radius 2 is 0.354 bits per heavy atom. The molecule has 0 radical (unpaired) electrons. The van der Waals surface area contributed by atoms with E-state index in [0.717, 1.165) is 89.7 Å². The first-order valence-electron chi connectivity index (χ1n) is 32.7. The van der Waals surface area contributed by atoms with Gasteiger partial charge in [-0.05, 0) is 184 Å². The van der Waals surface area contributed by atoms with Crippen LogP contribution in [-0.2, 0) is 0 Å². The molecule has 0 unspecified atom stereocenters. The van der Waals surface area contributed by atoms with Gasteiger partial charge in [0.1, 0.15) is 0 Å². The van der Waals surface area contributed by atoms with Gasteiger partial charge in [0.15, 0.2) is 0 Å². The molecule has 0 saturated heterocycles. The van der Waals surface area contributed by atoms with Gasteiger partial charge in [0.25, 0.3) is 0 Å². The molecule has 6 aromatic rings. The van der Waals surface area contributed by atoms with E-state index in [-0.39, 0.29) is 0 Å². The number of unbranched alkanes of at least 4 members (excludes halogenated alkanes) is 18. The first-order valence-corrected chi connectivity index (χ1v) is 32.7. The molecule has 0 heterocycles. The normalized spacial score (nSPS) is 10.8. The van der Waals surface area contributed by atoms with Gasteiger partial charge in [-0.25, -0.2) is 0 Å². The number of rotatable bonds is 36. The highest BCUT2D eigenvalue weighted by Gasteiger charge is 2.14. The van der Waals surface area contributed by atoms with Crippen LogP contribution in [0.5, 0.6) is 0 Å². The number of nitrogens with zero attached hydrogens (tertiary/aromatic N) is 4. The number of benzene rings is 6. The van der Waals surface area contributed by atoms with Crippen molar-refractivity contribution in [2.24, 2.45) is 0 Å². The fourth-order valence-electron chi connectivity index (χ4n) is 10.7. The topological polar surface area (TPSA) is 13.0 Å². The maximum Gasteiger partial charge on any atom is 0.0462 e. The van der Waals surface area contributed by atoms with Gasteiger partial charge in [-0.1, -0.05) is 193 Å². The molecular formula is C78H102N4. The van der Waals surface area contributed by atoms with Crippen molar-refractivity contribution in [1.29, 1.82) is 0 Å². The minimum Gasteiger partial charge on any atom is -0.372 e. The van der Waals surface area contributed by atoms with Crippen molar-refractivity contribution in [2.45, 2.75) is 196 Å². The van der Waals surface area contributed by atoms with E-state index in [4.69, 9.17) is 0 Å². The predicted molar refractivity (Wildman–Crippen MR) is 360 cm³/mol. The lowest BCUT2D eigenvalue weighted by molar-refractivity contribution is 0.609. The summed E-state index contributed by atoms with van der Waals surface area (Å²) in [5, 5.41) is 0. The third kappa shape index (κ3) is 23.2. The minimum absolute atomic E-state index is 0.983. The van der Waals surface area contributed by atoms with Crippen molar-refractivity contribution >= 4 is 34.1 Å². The molecule has 82 heavy (non-hydrogen) atoms. The molecule has 6 rings (SSSR count). The molecule has 0 aliphatic rings. The van der Waals surface area contributed by atoms with Crippen LogP contribution in [0.15, 0.2) is 146 Å². The summed E-state index contributed by atoms with van der Waals surface area (Å²) in [5.74, 6) is 20.8. The van der Waals surface area contributed by atoms with E-state index in [2.05, 4.69) is 242 Å². The fraction of sp³-hybridized carbons (Fsp3) is 0.462. The molecule has 0 spiro atoms. The smallest absolute Gasteiger partial charge is 0.0462 e.